The summed E-state index contributed by atoms with van der Waals surface area (Å²) in [4.78, 5) is 5.19. The van der Waals surface area contributed by atoms with E-state index in [9.17, 15) is 0 Å². The van der Waals surface area contributed by atoms with Crippen molar-refractivity contribution in [3.8, 4) is 11.3 Å². The average Bonchev–Trinajstić information content (AvgIpc) is 3.08. The van der Waals surface area contributed by atoms with Gasteiger partial charge in [-0.2, -0.15) is 28.2 Å². The average molecular weight is 670 g/mol. The van der Waals surface area contributed by atoms with E-state index in [1.807, 2.05) is 18.2 Å². The molecule has 5 aromatic carbocycles. The molecular formula is C40H42N4Zr-. The zero-order valence-corrected chi connectivity index (χ0v) is 29.7. The van der Waals surface area contributed by atoms with Crippen molar-refractivity contribution < 1.29 is 26.2 Å². The zero-order chi connectivity index (χ0) is 31.3. The second-order valence-corrected chi connectivity index (χ2v) is 10.5. The van der Waals surface area contributed by atoms with Gasteiger partial charge in [-0.1, -0.05) is 110 Å². The van der Waals surface area contributed by atoms with Gasteiger partial charge < -0.3 is 20.9 Å². The molecule has 0 fully saturated rings. The van der Waals surface area contributed by atoms with Crippen molar-refractivity contribution in [1.29, 1.82) is 0 Å². The van der Waals surface area contributed by atoms with E-state index in [2.05, 4.69) is 128 Å². The summed E-state index contributed by atoms with van der Waals surface area (Å²) in [5, 5.41) is 17.5. The molecule has 6 aromatic rings. The number of fused-ring (bicyclic) bond motifs is 3. The normalized spacial score (nSPS) is 11.0. The van der Waals surface area contributed by atoms with Crippen molar-refractivity contribution in [1.82, 2.24) is 4.98 Å². The van der Waals surface area contributed by atoms with Crippen LogP contribution in [0.4, 0.5) is 5.69 Å². The Bertz CT molecular complexity index is 1740. The number of para-hydroxylation sites is 1. The Morgan fingerprint density at radius 2 is 1.22 bits per heavy atom. The molecule has 1 heterocycles. The smallest absolute Gasteiger partial charge is 0.673 e. The Kier molecular flexibility index (Phi) is 14.6. The summed E-state index contributed by atoms with van der Waals surface area (Å²) in [6.45, 7) is 4.41. The first-order chi connectivity index (χ1) is 21.6. The number of aryl methyl sites for hydroxylation is 2. The Hall–Kier alpha value is -3.63. The van der Waals surface area contributed by atoms with Gasteiger partial charge in [-0.05, 0) is 57.8 Å². The summed E-state index contributed by atoms with van der Waals surface area (Å²) in [6, 6.07) is 43.6. The number of aromatic nitrogens is 1. The van der Waals surface area contributed by atoms with Crippen molar-refractivity contribution in [3.63, 3.8) is 0 Å². The van der Waals surface area contributed by atoms with Crippen LogP contribution in [0.15, 0.2) is 115 Å². The van der Waals surface area contributed by atoms with Crippen molar-refractivity contribution in [2.75, 3.05) is 28.2 Å². The maximum Gasteiger partial charge on any atom is 3.00 e. The fourth-order valence-corrected chi connectivity index (χ4v) is 5.42. The molecule has 45 heavy (non-hydrogen) atoms. The minimum absolute atomic E-state index is 0. The number of rotatable bonds is 7. The summed E-state index contributed by atoms with van der Waals surface area (Å²) in [5.41, 5.74) is 7.65. The van der Waals surface area contributed by atoms with Crippen LogP contribution in [-0.4, -0.2) is 33.2 Å². The van der Waals surface area contributed by atoms with E-state index in [0.717, 1.165) is 35.5 Å². The van der Waals surface area contributed by atoms with E-state index >= 15 is 0 Å². The van der Waals surface area contributed by atoms with Gasteiger partial charge in [0.1, 0.15) is 0 Å². The predicted octanol–water partition coefficient (Wildman–Crippen LogP) is 11.0. The topological polar surface area (TPSA) is 55.2 Å². The van der Waals surface area contributed by atoms with Gasteiger partial charge in [0.05, 0.1) is 0 Å². The van der Waals surface area contributed by atoms with Crippen molar-refractivity contribution in [2.24, 2.45) is 0 Å². The van der Waals surface area contributed by atoms with E-state index in [0.29, 0.717) is 0 Å². The van der Waals surface area contributed by atoms with Crippen LogP contribution < -0.4 is 0 Å². The van der Waals surface area contributed by atoms with E-state index in [4.69, 9.17) is 10.3 Å². The van der Waals surface area contributed by atoms with Crippen molar-refractivity contribution >= 4 is 27.2 Å². The summed E-state index contributed by atoms with van der Waals surface area (Å²) in [6.07, 6.45) is 1.87. The molecule has 1 atom stereocenters. The van der Waals surface area contributed by atoms with E-state index in [1.54, 1.807) is 28.2 Å². The van der Waals surface area contributed by atoms with E-state index < -0.39 is 0 Å². The molecule has 227 valence electrons. The van der Waals surface area contributed by atoms with Gasteiger partial charge in [0, 0.05) is 5.69 Å². The second-order valence-electron chi connectivity index (χ2n) is 10.5. The van der Waals surface area contributed by atoms with Crippen molar-refractivity contribution in [2.45, 2.75) is 32.7 Å². The van der Waals surface area contributed by atoms with Crippen LogP contribution in [0.1, 0.15) is 42.3 Å². The molecule has 1 aromatic heterocycles. The standard InChI is InChI=1S/C36H30N2.2C2H6N.Zr/c1-3-25-17-12-18-26(4-2)35(25)38-36(34-23-13-22-33(37-34)27-14-6-5-7-15-27)32-24-28-16-8-9-19-29(28)30-20-10-11-21-31(30)32;2*1-3-2;/h5-14,16-24,36H,3-4H2,1-2H3;2*1-2H3;/q-2;2*-1;+3. The van der Waals surface area contributed by atoms with Gasteiger partial charge in [0.15, 0.2) is 0 Å². The van der Waals surface area contributed by atoms with Crippen LogP contribution in [0, 0.1) is 6.07 Å². The number of hydrogen-bond donors (Lipinski definition) is 0. The second kappa shape index (κ2) is 18.4. The van der Waals surface area contributed by atoms with Crippen LogP contribution in [0.5, 0.6) is 0 Å². The SMILES string of the molecule is CCc1cccc(CC)c1[N-]C(c1cccc(-c2[c-]cccc2)n1)c1cc2ccccc2c2ccccc12.C[N-]C.C[N-]C.[Zr+3]. The minimum atomic E-state index is -0.258. The number of nitrogens with zero attached hydrogens (tertiary/aromatic N) is 4. The van der Waals surface area contributed by atoms with E-state index in [-0.39, 0.29) is 32.2 Å². The number of pyridine rings is 1. The molecule has 0 N–H and O–H groups in total. The summed E-state index contributed by atoms with van der Waals surface area (Å²) >= 11 is 0. The quantitative estimate of drug-likeness (QED) is 0.123. The van der Waals surface area contributed by atoms with Crippen LogP contribution >= 0.6 is 0 Å². The molecule has 0 aliphatic heterocycles. The predicted molar refractivity (Wildman–Crippen MR) is 190 cm³/mol. The Morgan fingerprint density at radius 3 is 1.84 bits per heavy atom. The molecule has 0 aliphatic carbocycles. The van der Waals surface area contributed by atoms with Crippen LogP contribution in [0.2, 0.25) is 0 Å². The summed E-state index contributed by atoms with van der Waals surface area (Å²) in [5.74, 6) is 0. The van der Waals surface area contributed by atoms with Gasteiger partial charge in [-0.3, -0.25) is 0 Å². The third kappa shape index (κ3) is 8.76. The molecule has 0 saturated heterocycles. The maximum absolute atomic E-state index is 5.56. The van der Waals surface area contributed by atoms with Crippen molar-refractivity contribution in [3.05, 3.63) is 160 Å². The van der Waals surface area contributed by atoms with Crippen LogP contribution in [0.3, 0.4) is 0 Å². The molecule has 6 rings (SSSR count). The molecule has 0 amide bonds. The van der Waals surface area contributed by atoms with Gasteiger partial charge in [-0.25, -0.2) is 0 Å². The fourth-order valence-electron chi connectivity index (χ4n) is 5.42. The van der Waals surface area contributed by atoms with Gasteiger partial charge in [0.2, 0.25) is 0 Å². The molecule has 0 bridgehead atoms. The van der Waals surface area contributed by atoms with Crippen LogP contribution in [0.25, 0.3) is 48.8 Å². The van der Waals surface area contributed by atoms with E-state index in [1.165, 1.54) is 38.2 Å². The molecule has 5 heteroatoms. The molecule has 0 spiro atoms. The molecular weight excluding hydrogens is 628 g/mol. The number of benzene rings is 5. The first-order valence-electron chi connectivity index (χ1n) is 15.2. The van der Waals surface area contributed by atoms with Crippen LogP contribution in [-0.2, 0) is 39.0 Å². The Labute approximate surface area is 288 Å². The first-order valence-corrected chi connectivity index (χ1v) is 15.2. The minimum Gasteiger partial charge on any atom is -0.673 e. The third-order valence-electron chi connectivity index (χ3n) is 7.35. The molecule has 0 saturated carbocycles. The Morgan fingerprint density at radius 1 is 0.644 bits per heavy atom. The Balaban J connectivity index is 0.000000733. The first kappa shape index (κ1) is 35.8. The molecule has 4 nitrogen and oxygen atoms in total. The zero-order valence-electron chi connectivity index (χ0n) is 27.3. The van der Waals surface area contributed by atoms with Gasteiger partial charge in [-0.15, -0.1) is 41.6 Å². The molecule has 1 radical (unpaired) electrons. The molecule has 1 unspecified atom stereocenters. The third-order valence-corrected chi connectivity index (χ3v) is 7.35. The monoisotopic (exact) mass is 668 g/mol. The largest absolute Gasteiger partial charge is 3.00 e. The van der Waals surface area contributed by atoms with Gasteiger partial charge >= 0.3 is 26.2 Å². The van der Waals surface area contributed by atoms with Gasteiger partial charge in [0.25, 0.3) is 0 Å². The number of hydrogen-bond acceptors (Lipinski definition) is 1. The molecule has 0 aliphatic rings. The fraction of sp³-hybridized carbons (Fsp3) is 0.225. The maximum atomic E-state index is 5.56. The summed E-state index contributed by atoms with van der Waals surface area (Å²) < 4.78 is 0. The summed E-state index contributed by atoms with van der Waals surface area (Å²) in [7, 11) is 7.00.